The molecule has 1 heterocycles. The number of halogens is 4. The van der Waals surface area contributed by atoms with Crippen LogP contribution >= 0.6 is 39.1 Å². The van der Waals surface area contributed by atoms with Gasteiger partial charge in [-0.25, -0.2) is 9.37 Å². The van der Waals surface area contributed by atoms with Crippen LogP contribution in [-0.4, -0.2) is 9.55 Å². The van der Waals surface area contributed by atoms with E-state index in [1.807, 2.05) is 25.1 Å². The highest BCUT2D eigenvalue weighted by atomic mass is 79.9. The lowest BCUT2D eigenvalue weighted by molar-refractivity contribution is 0.626. The Balaban J connectivity index is 2.41. The average Bonchev–Trinajstić information content (AvgIpc) is 2.80. The number of alkyl halides is 1. The summed E-state index contributed by atoms with van der Waals surface area (Å²) in [5.41, 5.74) is 2.13. The highest BCUT2D eigenvalue weighted by Gasteiger charge is 2.18. The Morgan fingerprint density at radius 1 is 1.24 bits per heavy atom. The van der Waals surface area contributed by atoms with Gasteiger partial charge in [-0.05, 0) is 43.3 Å². The molecule has 1 aromatic heterocycles. The Morgan fingerprint density at radius 2 is 2.00 bits per heavy atom. The van der Waals surface area contributed by atoms with Gasteiger partial charge in [0.1, 0.15) is 11.6 Å². The van der Waals surface area contributed by atoms with Crippen LogP contribution in [0.15, 0.2) is 40.9 Å². The molecule has 0 aliphatic heterocycles. The summed E-state index contributed by atoms with van der Waals surface area (Å²) in [4.78, 5) is 4.53. The van der Waals surface area contributed by atoms with Crippen molar-refractivity contribution in [2.45, 2.75) is 12.3 Å². The SMILES string of the molecule is CC(Cl)c1nc2ccc(Br)cc2n1-c1cc(F)ccc1Cl. The summed E-state index contributed by atoms with van der Waals surface area (Å²) in [6.45, 7) is 1.82. The monoisotopic (exact) mass is 386 g/mol. The lowest BCUT2D eigenvalue weighted by Gasteiger charge is -2.12. The molecule has 108 valence electrons. The number of aromatic nitrogens is 2. The van der Waals surface area contributed by atoms with Gasteiger partial charge in [0.15, 0.2) is 0 Å². The summed E-state index contributed by atoms with van der Waals surface area (Å²) < 4.78 is 16.3. The van der Waals surface area contributed by atoms with Crippen molar-refractivity contribution in [1.82, 2.24) is 9.55 Å². The quantitative estimate of drug-likeness (QED) is 0.502. The van der Waals surface area contributed by atoms with Crippen molar-refractivity contribution < 1.29 is 4.39 Å². The summed E-state index contributed by atoms with van der Waals surface area (Å²) in [6, 6.07) is 9.92. The van der Waals surface area contributed by atoms with E-state index in [0.29, 0.717) is 16.5 Å². The predicted octanol–water partition coefficient (Wildman–Crippen LogP) is 5.88. The number of benzene rings is 2. The summed E-state index contributed by atoms with van der Waals surface area (Å²) in [5.74, 6) is 0.261. The van der Waals surface area contributed by atoms with Crippen molar-refractivity contribution in [1.29, 1.82) is 0 Å². The minimum absolute atomic E-state index is 0.337. The van der Waals surface area contributed by atoms with Crippen LogP contribution in [0.25, 0.3) is 16.7 Å². The molecule has 2 nitrogen and oxygen atoms in total. The Bertz CT molecular complexity index is 830. The summed E-state index contributed by atoms with van der Waals surface area (Å²) in [5, 5.41) is 0.102. The Hall–Kier alpha value is -1.10. The van der Waals surface area contributed by atoms with E-state index in [4.69, 9.17) is 23.2 Å². The highest BCUT2D eigenvalue weighted by molar-refractivity contribution is 9.10. The van der Waals surface area contributed by atoms with E-state index < -0.39 is 0 Å². The van der Waals surface area contributed by atoms with Crippen LogP contribution in [0, 0.1) is 5.82 Å². The zero-order chi connectivity index (χ0) is 15.1. The van der Waals surface area contributed by atoms with E-state index in [9.17, 15) is 4.39 Å². The first kappa shape index (κ1) is 14.8. The normalized spacial score (nSPS) is 12.8. The van der Waals surface area contributed by atoms with E-state index in [1.54, 1.807) is 4.57 Å². The van der Waals surface area contributed by atoms with Gasteiger partial charge < -0.3 is 0 Å². The molecule has 0 aliphatic carbocycles. The van der Waals surface area contributed by atoms with Crippen molar-refractivity contribution in [3.63, 3.8) is 0 Å². The van der Waals surface area contributed by atoms with Gasteiger partial charge in [-0.2, -0.15) is 0 Å². The molecule has 0 bridgehead atoms. The number of nitrogens with zero attached hydrogens (tertiary/aromatic N) is 2. The maximum atomic E-state index is 13.6. The first-order chi connectivity index (χ1) is 9.97. The van der Waals surface area contributed by atoms with Gasteiger partial charge in [0.25, 0.3) is 0 Å². The lowest BCUT2D eigenvalue weighted by Crippen LogP contribution is -2.03. The molecule has 0 aliphatic rings. The topological polar surface area (TPSA) is 17.8 Å². The van der Waals surface area contributed by atoms with E-state index in [-0.39, 0.29) is 11.2 Å². The van der Waals surface area contributed by atoms with Crippen LogP contribution in [0.1, 0.15) is 18.1 Å². The maximum absolute atomic E-state index is 13.6. The van der Waals surface area contributed by atoms with Gasteiger partial charge in [0, 0.05) is 4.47 Å². The van der Waals surface area contributed by atoms with E-state index in [0.717, 1.165) is 15.5 Å². The summed E-state index contributed by atoms with van der Waals surface area (Å²) in [6.07, 6.45) is 0. The van der Waals surface area contributed by atoms with E-state index in [1.165, 1.54) is 18.2 Å². The average molecular weight is 388 g/mol. The van der Waals surface area contributed by atoms with E-state index in [2.05, 4.69) is 20.9 Å². The fourth-order valence-corrected chi connectivity index (χ4v) is 2.94. The van der Waals surface area contributed by atoms with Gasteiger partial charge >= 0.3 is 0 Å². The van der Waals surface area contributed by atoms with Crippen LogP contribution in [0.3, 0.4) is 0 Å². The maximum Gasteiger partial charge on any atom is 0.132 e. The third kappa shape index (κ3) is 2.68. The first-order valence-electron chi connectivity index (χ1n) is 6.25. The lowest BCUT2D eigenvalue weighted by atomic mass is 10.2. The molecule has 2 aromatic carbocycles. The van der Waals surface area contributed by atoms with Crippen molar-refractivity contribution >= 4 is 50.2 Å². The largest absolute Gasteiger partial charge is 0.293 e. The molecule has 1 atom stereocenters. The van der Waals surface area contributed by atoms with Gasteiger partial charge in [-0.1, -0.05) is 27.5 Å². The molecule has 21 heavy (non-hydrogen) atoms. The number of rotatable bonds is 2. The molecule has 3 rings (SSSR count). The Labute approximate surface area is 139 Å². The highest BCUT2D eigenvalue weighted by Crippen LogP contribution is 2.32. The van der Waals surface area contributed by atoms with Crippen LogP contribution in [0.2, 0.25) is 5.02 Å². The van der Waals surface area contributed by atoms with Crippen LogP contribution < -0.4 is 0 Å². The van der Waals surface area contributed by atoms with Crippen molar-refractivity contribution in [3.05, 3.63) is 57.5 Å². The van der Waals surface area contributed by atoms with E-state index >= 15 is 0 Å². The van der Waals surface area contributed by atoms with Crippen LogP contribution in [-0.2, 0) is 0 Å². The molecule has 0 N–H and O–H groups in total. The van der Waals surface area contributed by atoms with Crippen molar-refractivity contribution in [2.24, 2.45) is 0 Å². The third-order valence-corrected chi connectivity index (χ3v) is 4.16. The molecule has 0 saturated carbocycles. The molecule has 0 fully saturated rings. The Kier molecular flexibility index (Phi) is 3.95. The molecule has 0 spiro atoms. The number of hydrogen-bond donors (Lipinski definition) is 0. The first-order valence-corrected chi connectivity index (χ1v) is 7.85. The zero-order valence-electron chi connectivity index (χ0n) is 10.9. The second-order valence-corrected chi connectivity index (χ2v) is 6.63. The molecule has 3 aromatic rings. The van der Waals surface area contributed by atoms with Gasteiger partial charge in [-0.3, -0.25) is 4.57 Å². The smallest absolute Gasteiger partial charge is 0.132 e. The second kappa shape index (κ2) is 5.59. The number of fused-ring (bicyclic) bond motifs is 1. The van der Waals surface area contributed by atoms with Gasteiger partial charge in [0.05, 0.1) is 27.1 Å². The summed E-state index contributed by atoms with van der Waals surface area (Å²) in [7, 11) is 0. The number of hydrogen-bond acceptors (Lipinski definition) is 1. The Morgan fingerprint density at radius 3 is 2.71 bits per heavy atom. The fraction of sp³-hybridized carbons (Fsp3) is 0.133. The third-order valence-electron chi connectivity index (χ3n) is 3.15. The zero-order valence-corrected chi connectivity index (χ0v) is 14.0. The van der Waals surface area contributed by atoms with Crippen LogP contribution in [0.5, 0.6) is 0 Å². The summed E-state index contributed by atoms with van der Waals surface area (Å²) >= 11 is 15.9. The van der Waals surface area contributed by atoms with Crippen molar-refractivity contribution in [2.75, 3.05) is 0 Å². The molecule has 6 heteroatoms. The number of imidazole rings is 1. The molecule has 0 saturated heterocycles. The minimum atomic E-state index is -0.362. The van der Waals surface area contributed by atoms with Crippen LogP contribution in [0.4, 0.5) is 4.39 Å². The predicted molar refractivity (Wildman–Crippen MR) is 88.0 cm³/mol. The molecule has 0 radical (unpaired) electrons. The molecule has 0 amide bonds. The van der Waals surface area contributed by atoms with Crippen molar-refractivity contribution in [3.8, 4) is 5.69 Å². The molecular weight excluding hydrogens is 378 g/mol. The second-order valence-electron chi connectivity index (χ2n) is 4.65. The standard InChI is InChI=1S/C15H10BrCl2FN2/c1-8(17)15-20-12-5-2-9(16)6-14(12)21(15)13-7-10(19)3-4-11(13)18/h2-8H,1H3. The van der Waals surface area contributed by atoms with Gasteiger partial charge in [-0.15, -0.1) is 11.6 Å². The fourth-order valence-electron chi connectivity index (χ4n) is 2.24. The molecular formula is C15H10BrCl2FN2. The van der Waals surface area contributed by atoms with Gasteiger partial charge in [0.2, 0.25) is 0 Å². The molecule has 1 unspecified atom stereocenters. The minimum Gasteiger partial charge on any atom is -0.293 e.